The van der Waals surface area contributed by atoms with Crippen molar-refractivity contribution in [1.82, 2.24) is 4.90 Å². The summed E-state index contributed by atoms with van der Waals surface area (Å²) < 4.78 is 5.60. The highest BCUT2D eigenvalue weighted by molar-refractivity contribution is 5.81. The number of fused-ring (bicyclic) bond motifs is 1. The van der Waals surface area contributed by atoms with Crippen molar-refractivity contribution in [3.05, 3.63) is 0 Å². The minimum absolute atomic E-state index is 0.0786. The van der Waals surface area contributed by atoms with Crippen LogP contribution in [0.2, 0.25) is 0 Å². The monoisotopic (exact) mass is 183 g/mol. The molecule has 0 aromatic rings. The molecule has 1 amide bonds. The fourth-order valence-corrected chi connectivity index (χ4v) is 2.24. The smallest absolute Gasteiger partial charge is 0.227 e. The summed E-state index contributed by atoms with van der Waals surface area (Å²) in [6.07, 6.45) is 0.956. The van der Waals surface area contributed by atoms with E-state index in [1.807, 2.05) is 11.8 Å². The van der Waals surface area contributed by atoms with E-state index in [9.17, 15) is 4.79 Å². The average molecular weight is 183 g/mol. The molecule has 2 saturated heterocycles. The molecule has 0 N–H and O–H groups in total. The second-order valence-corrected chi connectivity index (χ2v) is 4.48. The number of ether oxygens (including phenoxy) is 1. The van der Waals surface area contributed by atoms with E-state index < -0.39 is 0 Å². The van der Waals surface area contributed by atoms with Crippen LogP contribution in [0.3, 0.4) is 0 Å². The Balaban J connectivity index is 2.16. The first-order valence-corrected chi connectivity index (χ1v) is 5.05. The molecule has 2 fully saturated rings. The van der Waals surface area contributed by atoms with Crippen molar-refractivity contribution < 1.29 is 9.53 Å². The fourth-order valence-electron chi connectivity index (χ4n) is 2.24. The number of hydrogen-bond donors (Lipinski definition) is 0. The first-order valence-electron chi connectivity index (χ1n) is 5.05. The Morgan fingerprint density at radius 2 is 2.23 bits per heavy atom. The van der Waals surface area contributed by atoms with Gasteiger partial charge in [0, 0.05) is 12.3 Å². The number of amides is 1. The van der Waals surface area contributed by atoms with Gasteiger partial charge in [-0.2, -0.15) is 0 Å². The van der Waals surface area contributed by atoms with Gasteiger partial charge in [-0.25, -0.2) is 0 Å². The average Bonchev–Trinajstić information content (AvgIpc) is 2.55. The van der Waals surface area contributed by atoms with Crippen LogP contribution in [0, 0.1) is 11.8 Å². The second-order valence-electron chi connectivity index (χ2n) is 4.48. The largest absolute Gasteiger partial charge is 0.356 e. The third-order valence-corrected chi connectivity index (χ3v) is 3.13. The predicted octanol–water partition coefficient (Wildman–Crippen LogP) is 1.24. The van der Waals surface area contributed by atoms with Crippen molar-refractivity contribution in [3.8, 4) is 0 Å². The third-order valence-electron chi connectivity index (χ3n) is 3.13. The lowest BCUT2D eigenvalue weighted by molar-refractivity contribution is -0.134. The Labute approximate surface area is 79.0 Å². The number of rotatable bonds is 1. The zero-order valence-electron chi connectivity index (χ0n) is 8.49. The molecule has 2 aliphatic heterocycles. The van der Waals surface area contributed by atoms with Crippen molar-refractivity contribution in [2.45, 2.75) is 39.5 Å². The molecule has 0 aromatic heterocycles. The first kappa shape index (κ1) is 9.00. The lowest BCUT2D eigenvalue weighted by Crippen LogP contribution is -2.40. The second kappa shape index (κ2) is 2.98. The van der Waals surface area contributed by atoms with E-state index in [2.05, 4.69) is 13.8 Å². The van der Waals surface area contributed by atoms with E-state index in [-0.39, 0.29) is 18.1 Å². The maximum Gasteiger partial charge on any atom is 0.227 e. The maximum atomic E-state index is 11.7. The summed E-state index contributed by atoms with van der Waals surface area (Å²) in [5, 5.41) is 0. The summed E-state index contributed by atoms with van der Waals surface area (Å²) in [5.41, 5.74) is 0. The first-order chi connectivity index (χ1) is 6.11. The molecule has 3 nitrogen and oxygen atoms in total. The van der Waals surface area contributed by atoms with Crippen molar-refractivity contribution in [1.29, 1.82) is 0 Å². The minimum atomic E-state index is 0.0786. The van der Waals surface area contributed by atoms with Crippen molar-refractivity contribution in [2.24, 2.45) is 11.8 Å². The summed E-state index contributed by atoms with van der Waals surface area (Å²) in [5.74, 6) is 0.937. The van der Waals surface area contributed by atoms with Crippen LogP contribution in [-0.4, -0.2) is 29.7 Å². The Hall–Kier alpha value is -0.570. The van der Waals surface area contributed by atoms with Gasteiger partial charge in [0.05, 0.1) is 12.6 Å². The van der Waals surface area contributed by atoms with Crippen LogP contribution in [0.1, 0.15) is 27.2 Å². The molecule has 3 atom stereocenters. The van der Waals surface area contributed by atoms with Crippen molar-refractivity contribution in [2.75, 3.05) is 6.61 Å². The number of hydrogen-bond acceptors (Lipinski definition) is 2. The van der Waals surface area contributed by atoms with E-state index in [0.29, 0.717) is 12.0 Å². The molecule has 13 heavy (non-hydrogen) atoms. The maximum absolute atomic E-state index is 11.7. The van der Waals surface area contributed by atoms with Gasteiger partial charge in [0.1, 0.15) is 6.23 Å². The highest BCUT2D eigenvalue weighted by Gasteiger charge is 2.46. The summed E-state index contributed by atoms with van der Waals surface area (Å²) in [6, 6.07) is 0.308. The summed E-state index contributed by atoms with van der Waals surface area (Å²) in [4.78, 5) is 13.7. The van der Waals surface area contributed by atoms with E-state index in [0.717, 1.165) is 13.0 Å². The van der Waals surface area contributed by atoms with Crippen LogP contribution in [0.15, 0.2) is 0 Å². The van der Waals surface area contributed by atoms with E-state index >= 15 is 0 Å². The van der Waals surface area contributed by atoms with Crippen LogP contribution in [0.5, 0.6) is 0 Å². The number of carbonyl (C=O) groups excluding carboxylic acids is 1. The molecular formula is C10H17NO2. The number of carbonyl (C=O) groups is 1. The zero-order chi connectivity index (χ0) is 9.59. The molecule has 2 heterocycles. The SMILES string of the molecule is CC1CC2OC[C@H](C(C)C)N2C1=O. The van der Waals surface area contributed by atoms with Gasteiger partial charge in [0.15, 0.2) is 0 Å². The normalized spacial score (nSPS) is 38.9. The molecule has 2 unspecified atom stereocenters. The molecule has 0 saturated carbocycles. The van der Waals surface area contributed by atoms with E-state index in [1.165, 1.54) is 0 Å². The molecule has 0 radical (unpaired) electrons. The van der Waals surface area contributed by atoms with E-state index in [4.69, 9.17) is 4.74 Å². The molecular weight excluding hydrogens is 166 g/mol. The molecule has 0 bridgehead atoms. The molecule has 0 spiro atoms. The Morgan fingerprint density at radius 1 is 1.54 bits per heavy atom. The van der Waals surface area contributed by atoms with Gasteiger partial charge in [-0.3, -0.25) is 4.79 Å². The molecule has 2 aliphatic rings. The summed E-state index contributed by atoms with van der Waals surface area (Å²) >= 11 is 0. The van der Waals surface area contributed by atoms with Crippen LogP contribution < -0.4 is 0 Å². The molecule has 0 aromatic carbocycles. The van der Waals surface area contributed by atoms with Gasteiger partial charge in [-0.15, -0.1) is 0 Å². The lowest BCUT2D eigenvalue weighted by atomic mass is 10.0. The van der Waals surface area contributed by atoms with Gasteiger partial charge >= 0.3 is 0 Å². The van der Waals surface area contributed by atoms with Gasteiger partial charge in [-0.1, -0.05) is 20.8 Å². The van der Waals surface area contributed by atoms with Crippen LogP contribution in [-0.2, 0) is 9.53 Å². The lowest BCUT2D eigenvalue weighted by Gasteiger charge is -2.24. The van der Waals surface area contributed by atoms with Crippen molar-refractivity contribution in [3.63, 3.8) is 0 Å². The van der Waals surface area contributed by atoms with Crippen molar-refractivity contribution >= 4 is 5.91 Å². The van der Waals surface area contributed by atoms with Crippen LogP contribution >= 0.6 is 0 Å². The quantitative estimate of drug-likeness (QED) is 0.612. The standard InChI is InChI=1S/C10H17NO2/c1-6(2)8-5-13-9-4-7(3)10(12)11(8)9/h6-9H,4-5H2,1-3H3/t7?,8-,9?/m1/s1. The van der Waals surface area contributed by atoms with Gasteiger partial charge < -0.3 is 9.64 Å². The Bertz CT molecular complexity index is 227. The minimum Gasteiger partial charge on any atom is -0.356 e. The molecule has 74 valence electrons. The highest BCUT2D eigenvalue weighted by atomic mass is 16.5. The third kappa shape index (κ3) is 1.26. The summed E-state index contributed by atoms with van der Waals surface area (Å²) in [6.45, 7) is 7.00. The number of nitrogens with zero attached hydrogens (tertiary/aromatic N) is 1. The van der Waals surface area contributed by atoms with Crippen LogP contribution in [0.25, 0.3) is 0 Å². The molecule has 2 rings (SSSR count). The predicted molar refractivity (Wildman–Crippen MR) is 49.0 cm³/mol. The van der Waals surface area contributed by atoms with E-state index in [1.54, 1.807) is 0 Å². The molecule has 3 heteroatoms. The topological polar surface area (TPSA) is 29.5 Å². The van der Waals surface area contributed by atoms with Crippen LogP contribution in [0.4, 0.5) is 0 Å². The Morgan fingerprint density at radius 3 is 2.85 bits per heavy atom. The van der Waals surface area contributed by atoms with Gasteiger partial charge in [0.25, 0.3) is 0 Å². The highest BCUT2D eigenvalue weighted by Crippen LogP contribution is 2.34. The fraction of sp³-hybridized carbons (Fsp3) is 0.900. The van der Waals surface area contributed by atoms with Gasteiger partial charge in [0.2, 0.25) is 5.91 Å². The Kier molecular flexibility index (Phi) is 2.06. The zero-order valence-corrected chi connectivity index (χ0v) is 8.49. The summed E-state index contributed by atoms with van der Waals surface area (Å²) in [7, 11) is 0. The molecule has 0 aliphatic carbocycles. The van der Waals surface area contributed by atoms with Gasteiger partial charge in [-0.05, 0) is 5.92 Å².